The average molecular weight is 281 g/mol. The lowest BCUT2D eigenvalue weighted by molar-refractivity contribution is -0.384. The van der Waals surface area contributed by atoms with Gasteiger partial charge in [0.1, 0.15) is 5.82 Å². The molecule has 0 saturated carbocycles. The number of nitrogens with one attached hydrogen (secondary N) is 1. The molecule has 0 aliphatic carbocycles. The maximum Gasteiger partial charge on any atom is 0.311 e. The Morgan fingerprint density at radius 1 is 1.35 bits per heavy atom. The predicted molar refractivity (Wildman–Crippen MR) is 80.8 cm³/mol. The van der Waals surface area contributed by atoms with Gasteiger partial charge in [0.05, 0.1) is 4.92 Å². The number of anilines is 2. The minimum atomic E-state index is -0.536. The third-order valence-corrected chi connectivity index (χ3v) is 3.10. The summed E-state index contributed by atoms with van der Waals surface area (Å²) < 4.78 is 0. The molecule has 0 fully saturated rings. The Morgan fingerprint density at radius 3 is 2.40 bits per heavy atom. The van der Waals surface area contributed by atoms with Gasteiger partial charge in [-0.25, -0.2) is 4.98 Å². The van der Waals surface area contributed by atoms with Crippen LogP contribution in [0.25, 0.3) is 0 Å². The highest BCUT2D eigenvalue weighted by Crippen LogP contribution is 2.20. The third-order valence-electron chi connectivity index (χ3n) is 3.10. The predicted octanol–water partition coefficient (Wildman–Crippen LogP) is 2.10. The summed E-state index contributed by atoms with van der Waals surface area (Å²) in [6, 6.07) is 3.87. The molecule has 0 saturated heterocycles. The van der Waals surface area contributed by atoms with E-state index in [2.05, 4.69) is 42.9 Å². The van der Waals surface area contributed by atoms with Gasteiger partial charge in [-0.05, 0) is 33.8 Å². The maximum absolute atomic E-state index is 10.6. The summed E-state index contributed by atoms with van der Waals surface area (Å²) in [7, 11) is 0. The van der Waals surface area contributed by atoms with E-state index in [-0.39, 0.29) is 11.5 Å². The van der Waals surface area contributed by atoms with Gasteiger partial charge in [-0.2, -0.15) is 0 Å². The van der Waals surface area contributed by atoms with Crippen molar-refractivity contribution in [1.82, 2.24) is 9.88 Å². The van der Waals surface area contributed by atoms with Crippen LogP contribution in [0.5, 0.6) is 0 Å². The second-order valence-corrected chi connectivity index (χ2v) is 5.21. The third kappa shape index (κ3) is 4.34. The van der Waals surface area contributed by atoms with E-state index in [1.807, 2.05) is 0 Å². The number of hydrogen-bond acceptors (Lipinski definition) is 6. The van der Waals surface area contributed by atoms with Gasteiger partial charge in [0.15, 0.2) is 0 Å². The molecular weight excluding hydrogens is 258 g/mol. The Morgan fingerprint density at radius 2 is 1.95 bits per heavy atom. The smallest absolute Gasteiger partial charge is 0.311 e. The van der Waals surface area contributed by atoms with Crippen molar-refractivity contribution in [3.8, 4) is 0 Å². The van der Waals surface area contributed by atoms with Crippen molar-refractivity contribution in [2.45, 2.75) is 39.8 Å². The fraction of sp³-hybridized carbons (Fsp3) is 0.615. The number of pyridine rings is 1. The Labute approximate surface area is 119 Å². The normalized spacial score (nSPS) is 11.3. The van der Waals surface area contributed by atoms with E-state index in [4.69, 9.17) is 5.73 Å². The monoisotopic (exact) mass is 281 g/mol. The molecule has 0 radical (unpaired) electrons. The molecule has 1 aromatic heterocycles. The summed E-state index contributed by atoms with van der Waals surface area (Å²) in [6.45, 7) is 10.2. The van der Waals surface area contributed by atoms with Crippen LogP contribution in [0.3, 0.4) is 0 Å². The minimum absolute atomic E-state index is 0.0652. The van der Waals surface area contributed by atoms with Gasteiger partial charge in [-0.3, -0.25) is 15.0 Å². The number of rotatable bonds is 7. The first-order valence-corrected chi connectivity index (χ1v) is 6.73. The lowest BCUT2D eigenvalue weighted by Crippen LogP contribution is -2.40. The van der Waals surface area contributed by atoms with Crippen molar-refractivity contribution in [3.05, 3.63) is 22.2 Å². The van der Waals surface area contributed by atoms with Crippen LogP contribution < -0.4 is 11.1 Å². The van der Waals surface area contributed by atoms with E-state index < -0.39 is 4.92 Å². The maximum atomic E-state index is 10.6. The van der Waals surface area contributed by atoms with E-state index in [1.54, 1.807) is 6.07 Å². The van der Waals surface area contributed by atoms with Crippen LogP contribution in [-0.4, -0.2) is 40.0 Å². The van der Waals surface area contributed by atoms with E-state index in [9.17, 15) is 10.1 Å². The van der Waals surface area contributed by atoms with Crippen LogP contribution in [0.15, 0.2) is 12.1 Å². The van der Waals surface area contributed by atoms with E-state index in [1.165, 1.54) is 6.07 Å². The van der Waals surface area contributed by atoms with E-state index >= 15 is 0 Å². The second-order valence-electron chi connectivity index (χ2n) is 5.21. The summed E-state index contributed by atoms with van der Waals surface area (Å²) in [4.78, 5) is 16.4. The van der Waals surface area contributed by atoms with Crippen LogP contribution >= 0.6 is 0 Å². The van der Waals surface area contributed by atoms with Gasteiger partial charge in [0.25, 0.3) is 0 Å². The first-order chi connectivity index (χ1) is 9.32. The van der Waals surface area contributed by atoms with Gasteiger partial charge in [0, 0.05) is 31.2 Å². The lowest BCUT2D eigenvalue weighted by atomic mass is 10.2. The number of nitro groups is 1. The summed E-state index contributed by atoms with van der Waals surface area (Å²) in [5.41, 5.74) is 5.38. The molecule has 0 spiro atoms. The number of aromatic nitrogens is 1. The molecule has 112 valence electrons. The highest BCUT2D eigenvalue weighted by Gasteiger charge is 2.14. The largest absolute Gasteiger partial charge is 0.378 e. The summed E-state index contributed by atoms with van der Waals surface area (Å²) in [5.74, 6) is 0.491. The molecule has 1 aromatic rings. The first kappa shape index (κ1) is 16.2. The molecule has 1 rings (SSSR count). The van der Waals surface area contributed by atoms with Crippen molar-refractivity contribution in [2.75, 3.05) is 24.1 Å². The molecule has 0 bridgehead atoms. The standard InChI is InChI=1S/C13H23N5O2/c1-9(2)17(10(3)4)8-7-15-12-6-5-11(18(19)20)13(14)16-12/h5-6,9-10H,7-8H2,1-4H3,(H3,14,15,16). The van der Waals surface area contributed by atoms with E-state index in [0.29, 0.717) is 24.4 Å². The molecule has 1 heterocycles. The van der Waals surface area contributed by atoms with Crippen LogP contribution in [0, 0.1) is 10.1 Å². The number of hydrogen-bond donors (Lipinski definition) is 2. The van der Waals surface area contributed by atoms with Gasteiger partial charge < -0.3 is 11.1 Å². The Bertz CT molecular complexity index is 454. The minimum Gasteiger partial charge on any atom is -0.378 e. The van der Waals surface area contributed by atoms with Crippen LogP contribution in [0.1, 0.15) is 27.7 Å². The van der Waals surface area contributed by atoms with Gasteiger partial charge in [-0.15, -0.1) is 0 Å². The number of nitrogens with zero attached hydrogens (tertiary/aromatic N) is 3. The summed E-state index contributed by atoms with van der Waals surface area (Å²) >= 11 is 0. The molecule has 7 heteroatoms. The zero-order chi connectivity index (χ0) is 15.3. The van der Waals surface area contributed by atoms with Crippen LogP contribution in [0.4, 0.5) is 17.3 Å². The highest BCUT2D eigenvalue weighted by molar-refractivity contribution is 5.57. The average Bonchev–Trinajstić information content (AvgIpc) is 2.33. The van der Waals surface area contributed by atoms with E-state index in [0.717, 1.165) is 6.54 Å². The van der Waals surface area contributed by atoms with Crippen molar-refractivity contribution >= 4 is 17.3 Å². The Hall–Kier alpha value is -1.89. The van der Waals surface area contributed by atoms with Crippen molar-refractivity contribution in [2.24, 2.45) is 0 Å². The SMILES string of the molecule is CC(C)N(CCNc1ccc([N+](=O)[O-])c(N)n1)C(C)C. The molecule has 0 aromatic carbocycles. The fourth-order valence-electron chi connectivity index (χ4n) is 2.15. The molecule has 0 aliphatic heterocycles. The molecule has 0 aliphatic rings. The van der Waals surface area contributed by atoms with Crippen molar-refractivity contribution < 1.29 is 4.92 Å². The number of nitrogens with two attached hydrogens (primary N) is 1. The van der Waals surface area contributed by atoms with Gasteiger partial charge >= 0.3 is 5.69 Å². The molecular formula is C13H23N5O2. The van der Waals surface area contributed by atoms with Crippen molar-refractivity contribution in [3.63, 3.8) is 0 Å². The molecule has 7 nitrogen and oxygen atoms in total. The molecule has 20 heavy (non-hydrogen) atoms. The summed E-state index contributed by atoms with van der Waals surface area (Å²) in [5, 5.41) is 13.8. The number of nitrogen functional groups attached to an aromatic ring is 1. The molecule has 0 amide bonds. The fourth-order valence-corrected chi connectivity index (χ4v) is 2.15. The zero-order valence-corrected chi connectivity index (χ0v) is 12.5. The van der Waals surface area contributed by atoms with Crippen LogP contribution in [0.2, 0.25) is 0 Å². The topological polar surface area (TPSA) is 97.3 Å². The summed E-state index contributed by atoms with van der Waals surface area (Å²) in [6.07, 6.45) is 0. The zero-order valence-electron chi connectivity index (χ0n) is 12.5. The van der Waals surface area contributed by atoms with Gasteiger partial charge in [0.2, 0.25) is 5.82 Å². The molecule has 0 atom stereocenters. The van der Waals surface area contributed by atoms with Crippen molar-refractivity contribution in [1.29, 1.82) is 0 Å². The molecule has 0 unspecified atom stereocenters. The quantitative estimate of drug-likeness (QED) is 0.586. The highest BCUT2D eigenvalue weighted by atomic mass is 16.6. The van der Waals surface area contributed by atoms with Gasteiger partial charge in [-0.1, -0.05) is 0 Å². The van der Waals surface area contributed by atoms with Crippen LogP contribution in [-0.2, 0) is 0 Å². The Kier molecular flexibility index (Phi) is 5.69. The Balaban J connectivity index is 2.58. The second kappa shape index (κ2) is 7.04. The lowest BCUT2D eigenvalue weighted by Gasteiger charge is -2.30. The first-order valence-electron chi connectivity index (χ1n) is 6.73. The molecule has 3 N–H and O–H groups in total.